The lowest BCUT2D eigenvalue weighted by Crippen LogP contribution is -2.34. The fraction of sp³-hybridized carbons (Fsp3) is 0.152. The summed E-state index contributed by atoms with van der Waals surface area (Å²) >= 11 is 1.67. The lowest BCUT2D eigenvalue weighted by atomic mass is 10.3. The van der Waals surface area contributed by atoms with Crippen LogP contribution in [0.25, 0.3) is 33.4 Å². The number of thiophene rings is 1. The van der Waals surface area contributed by atoms with E-state index in [4.69, 9.17) is 0 Å². The maximum Gasteiger partial charge on any atom is 0.334 e. The summed E-state index contributed by atoms with van der Waals surface area (Å²) in [7, 11) is 0. The summed E-state index contributed by atoms with van der Waals surface area (Å²) in [6.07, 6.45) is 5.64. The summed E-state index contributed by atoms with van der Waals surface area (Å²) in [5, 5.41) is 8.48. The lowest BCUT2D eigenvalue weighted by molar-refractivity contribution is 0.625. The molecule has 14 nitrogen and oxygen atoms in total. The number of hydrogen-bond donors (Lipinski definition) is 4. The summed E-state index contributed by atoms with van der Waals surface area (Å²) in [6.45, 7) is 0.622. The van der Waals surface area contributed by atoms with Gasteiger partial charge in [0.25, 0.3) is 11.1 Å². The predicted molar refractivity (Wildman–Crippen MR) is 185 cm³/mol. The third-order valence-corrected chi connectivity index (χ3v) is 8.52. The largest absolute Gasteiger partial charge is 0.354 e. The van der Waals surface area contributed by atoms with Gasteiger partial charge in [-0.15, -0.1) is 11.3 Å². The number of benzene rings is 2. The van der Waals surface area contributed by atoms with Crippen molar-refractivity contribution >= 4 is 45.3 Å². The Morgan fingerprint density at radius 3 is 1.84 bits per heavy atom. The number of nitrogens with zero attached hydrogens (tertiary/aromatic N) is 6. The van der Waals surface area contributed by atoms with Gasteiger partial charge in [-0.3, -0.25) is 19.6 Å². The molecule has 0 aliphatic heterocycles. The van der Waals surface area contributed by atoms with E-state index in [-0.39, 0.29) is 33.4 Å². The van der Waals surface area contributed by atoms with Gasteiger partial charge in [-0.1, -0.05) is 18.2 Å². The Labute approximate surface area is 283 Å². The van der Waals surface area contributed by atoms with Gasteiger partial charge in [0.05, 0.1) is 11.4 Å². The van der Waals surface area contributed by atoms with Gasteiger partial charge < -0.3 is 10.6 Å². The highest BCUT2D eigenvalue weighted by Crippen LogP contribution is 2.23. The van der Waals surface area contributed by atoms with E-state index in [9.17, 15) is 28.0 Å². The van der Waals surface area contributed by atoms with Crippen LogP contribution in [0.5, 0.6) is 0 Å². The number of nitrogens with one attached hydrogen (secondary N) is 4. The zero-order valence-electron chi connectivity index (χ0n) is 25.9. The first kappa shape index (κ1) is 32.2. The number of halogens is 2. The molecule has 8 rings (SSSR count). The van der Waals surface area contributed by atoms with Gasteiger partial charge in [-0.05, 0) is 67.1 Å². The first-order chi connectivity index (χ1) is 24.2. The van der Waals surface area contributed by atoms with Gasteiger partial charge >= 0.3 is 11.4 Å². The molecule has 7 aromatic rings. The van der Waals surface area contributed by atoms with Crippen molar-refractivity contribution < 1.29 is 8.78 Å². The summed E-state index contributed by atoms with van der Waals surface area (Å²) in [5.41, 5.74) is -1.99. The summed E-state index contributed by atoms with van der Waals surface area (Å²) in [4.78, 5) is 72.7. The highest BCUT2D eigenvalue weighted by atomic mass is 32.1. The van der Waals surface area contributed by atoms with E-state index in [0.717, 1.165) is 40.5 Å². The minimum atomic E-state index is -0.693. The van der Waals surface area contributed by atoms with Gasteiger partial charge in [0.1, 0.15) is 22.4 Å². The first-order valence-electron chi connectivity index (χ1n) is 15.3. The Balaban J connectivity index is 0.000000159. The maximum absolute atomic E-state index is 13.4. The van der Waals surface area contributed by atoms with Crippen LogP contribution in [-0.4, -0.2) is 51.6 Å². The fourth-order valence-corrected chi connectivity index (χ4v) is 5.73. The van der Waals surface area contributed by atoms with Crippen LogP contribution in [0.15, 0.2) is 97.6 Å². The second-order valence-corrected chi connectivity index (χ2v) is 12.2. The standard InChI is InChI=1S/C18H14FN5O2S.C15H12FN5O2/c19-11-3-1-4-12(9-11)24-16(25)14-10-21-17(22-15(14)23-18(24)26)20-7-6-13-5-2-8-27-13;16-8-2-1-3-10(6-8)21-13(22)11-7-17-14(18-9-4-5-9)19-12(11)20-15(21)23/h1-5,8-10H,6-7H2,(H2,20,21,22,23,26);1-3,6-7,9H,4-5H2,(H2,17,18,19,20,23). The van der Waals surface area contributed by atoms with Crippen molar-refractivity contribution in [1.82, 2.24) is 39.0 Å². The number of rotatable bonds is 8. The van der Waals surface area contributed by atoms with Crippen LogP contribution in [0, 0.1) is 11.6 Å². The average molecular weight is 697 g/mol. The molecule has 0 radical (unpaired) electrons. The number of anilines is 2. The van der Waals surface area contributed by atoms with Crippen LogP contribution in [0.2, 0.25) is 0 Å². The van der Waals surface area contributed by atoms with E-state index >= 15 is 0 Å². The van der Waals surface area contributed by atoms with Gasteiger partial charge in [0.2, 0.25) is 11.9 Å². The lowest BCUT2D eigenvalue weighted by Gasteiger charge is -2.08. The van der Waals surface area contributed by atoms with E-state index < -0.39 is 34.1 Å². The van der Waals surface area contributed by atoms with Gasteiger partial charge in [0.15, 0.2) is 11.3 Å². The molecule has 1 saturated carbocycles. The summed E-state index contributed by atoms with van der Waals surface area (Å²) < 4.78 is 28.5. The number of fused-ring (bicyclic) bond motifs is 2. The third kappa shape index (κ3) is 6.93. The molecule has 0 spiro atoms. The van der Waals surface area contributed by atoms with Gasteiger partial charge in [-0.25, -0.2) is 37.5 Å². The van der Waals surface area contributed by atoms with Crippen molar-refractivity contribution in [2.24, 2.45) is 0 Å². The van der Waals surface area contributed by atoms with E-state index in [0.29, 0.717) is 24.5 Å². The molecular formula is C33H26F2N10O4S. The predicted octanol–water partition coefficient (Wildman–Crippen LogP) is 3.51. The third-order valence-electron chi connectivity index (χ3n) is 7.58. The SMILES string of the molecule is O=c1[nH]c2nc(NC3CC3)ncc2c(=O)n1-c1cccc(F)c1.O=c1[nH]c2nc(NCCc3cccs3)ncc2c(=O)n1-c1cccc(F)c1. The van der Waals surface area contributed by atoms with Crippen molar-refractivity contribution in [3.63, 3.8) is 0 Å². The number of H-pyrrole nitrogens is 2. The minimum Gasteiger partial charge on any atom is -0.354 e. The first-order valence-corrected chi connectivity index (χ1v) is 16.2. The Kier molecular flexibility index (Phi) is 8.78. The Bertz CT molecular complexity index is 2600. The van der Waals surface area contributed by atoms with Crippen LogP contribution in [0.4, 0.5) is 20.7 Å². The van der Waals surface area contributed by atoms with Crippen LogP contribution < -0.4 is 33.1 Å². The summed E-state index contributed by atoms with van der Waals surface area (Å²) in [6, 6.07) is 14.9. The fourth-order valence-electron chi connectivity index (χ4n) is 5.02. The molecule has 0 atom stereocenters. The molecule has 5 aromatic heterocycles. The van der Waals surface area contributed by atoms with Crippen molar-refractivity contribution in [3.05, 3.63) is 137 Å². The Morgan fingerprint density at radius 2 is 1.32 bits per heavy atom. The van der Waals surface area contributed by atoms with Crippen molar-refractivity contribution in [1.29, 1.82) is 0 Å². The molecule has 0 bridgehead atoms. The molecule has 1 fully saturated rings. The average Bonchev–Trinajstić information content (AvgIpc) is 3.75. The molecule has 0 saturated heterocycles. The zero-order valence-corrected chi connectivity index (χ0v) is 26.7. The van der Waals surface area contributed by atoms with Gasteiger partial charge in [-0.2, -0.15) is 9.97 Å². The molecule has 50 heavy (non-hydrogen) atoms. The van der Waals surface area contributed by atoms with Crippen LogP contribution in [0.1, 0.15) is 17.7 Å². The molecule has 0 amide bonds. The molecule has 2 aromatic carbocycles. The molecular weight excluding hydrogens is 670 g/mol. The zero-order chi connectivity index (χ0) is 34.8. The Morgan fingerprint density at radius 1 is 0.760 bits per heavy atom. The van der Waals surface area contributed by atoms with E-state index in [1.807, 2.05) is 17.5 Å². The number of aromatic amines is 2. The van der Waals surface area contributed by atoms with Crippen LogP contribution in [-0.2, 0) is 6.42 Å². The number of aromatic nitrogens is 8. The maximum atomic E-state index is 13.4. The summed E-state index contributed by atoms with van der Waals surface area (Å²) in [5.74, 6) is -0.384. The van der Waals surface area contributed by atoms with Gasteiger partial charge in [0, 0.05) is 29.9 Å². The van der Waals surface area contributed by atoms with E-state index in [1.165, 1.54) is 53.7 Å². The molecule has 0 unspecified atom stereocenters. The monoisotopic (exact) mass is 696 g/mol. The molecule has 5 heterocycles. The van der Waals surface area contributed by atoms with Crippen LogP contribution in [0.3, 0.4) is 0 Å². The minimum absolute atomic E-state index is 0.131. The highest BCUT2D eigenvalue weighted by molar-refractivity contribution is 7.09. The second kappa shape index (κ2) is 13.6. The van der Waals surface area contributed by atoms with Crippen molar-refractivity contribution in [2.45, 2.75) is 25.3 Å². The van der Waals surface area contributed by atoms with Crippen molar-refractivity contribution in [3.8, 4) is 11.4 Å². The quantitative estimate of drug-likeness (QED) is 0.183. The van der Waals surface area contributed by atoms with Crippen LogP contribution >= 0.6 is 11.3 Å². The van der Waals surface area contributed by atoms with Crippen molar-refractivity contribution in [2.75, 3.05) is 17.2 Å². The Hall–Kier alpha value is -6.36. The van der Waals surface area contributed by atoms with E-state index in [1.54, 1.807) is 11.3 Å². The molecule has 1 aliphatic carbocycles. The topological polar surface area (TPSA) is 185 Å². The molecule has 17 heteroatoms. The van der Waals surface area contributed by atoms with E-state index in [2.05, 4.69) is 40.5 Å². The number of hydrogen-bond acceptors (Lipinski definition) is 11. The molecule has 252 valence electrons. The second-order valence-electron chi connectivity index (χ2n) is 11.2. The molecule has 4 N–H and O–H groups in total. The smallest absolute Gasteiger partial charge is 0.334 e. The molecule has 1 aliphatic rings. The normalized spacial score (nSPS) is 12.4. The highest BCUT2D eigenvalue weighted by Gasteiger charge is 2.22.